The molecule has 1 saturated heterocycles. The maximum atomic E-state index is 12.0. The smallest absolute Gasteiger partial charge is 0.261 e. The van der Waals surface area contributed by atoms with Crippen molar-refractivity contribution < 1.29 is 9.63 Å². The third-order valence-corrected chi connectivity index (χ3v) is 5.56. The van der Waals surface area contributed by atoms with Gasteiger partial charge in [0, 0.05) is 18.1 Å². The topological polar surface area (TPSA) is 79.9 Å². The van der Waals surface area contributed by atoms with Crippen LogP contribution in [0.3, 0.4) is 0 Å². The van der Waals surface area contributed by atoms with Gasteiger partial charge < -0.3 is 15.9 Å². The molecule has 138 valence electrons. The Bertz CT molecular complexity index is 431. The monoisotopic (exact) mass is 338 g/mol. The number of likely N-dealkylation sites (tertiary alicyclic amines) is 1. The Morgan fingerprint density at radius 2 is 1.79 bits per heavy atom. The van der Waals surface area contributed by atoms with Gasteiger partial charge in [-0.2, -0.15) is 0 Å². The number of carbonyl (C=O) groups is 1. The van der Waals surface area contributed by atoms with E-state index in [1.807, 2.05) is 0 Å². The number of amides is 1. The molecule has 1 saturated carbocycles. The van der Waals surface area contributed by atoms with E-state index in [0.29, 0.717) is 30.4 Å². The van der Waals surface area contributed by atoms with Gasteiger partial charge in [0.1, 0.15) is 0 Å². The molecule has 6 nitrogen and oxygen atoms in total. The van der Waals surface area contributed by atoms with Gasteiger partial charge in [-0.15, -0.1) is 0 Å². The fraction of sp³-hybridized carbons (Fsp3) is 0.889. The van der Waals surface area contributed by atoms with Crippen LogP contribution in [0.5, 0.6) is 0 Å². The van der Waals surface area contributed by atoms with Gasteiger partial charge in [-0.1, -0.05) is 31.3 Å². The van der Waals surface area contributed by atoms with Crippen LogP contribution in [0.2, 0.25) is 0 Å². The number of nitrogens with two attached hydrogens (primary N) is 1. The van der Waals surface area contributed by atoms with E-state index in [1.165, 1.54) is 38.5 Å². The molecule has 4 unspecified atom stereocenters. The Morgan fingerprint density at radius 3 is 2.46 bits per heavy atom. The quantitative estimate of drug-likeness (QED) is 0.442. The Morgan fingerprint density at radius 1 is 1.12 bits per heavy atom. The summed E-state index contributed by atoms with van der Waals surface area (Å²) in [4.78, 5) is 19.5. The van der Waals surface area contributed by atoms with Crippen LogP contribution in [-0.4, -0.2) is 47.9 Å². The first-order valence-electron chi connectivity index (χ1n) is 9.46. The van der Waals surface area contributed by atoms with E-state index in [9.17, 15) is 4.79 Å². The summed E-state index contributed by atoms with van der Waals surface area (Å²) in [5, 5.41) is 6.98. The number of nitrogens with zero attached hydrogens (tertiary/aromatic N) is 2. The van der Waals surface area contributed by atoms with Crippen molar-refractivity contribution >= 4 is 11.7 Å². The molecule has 24 heavy (non-hydrogen) atoms. The number of amidine groups is 1. The number of carbonyl (C=O) groups excluding carboxylic acids is 1. The predicted molar refractivity (Wildman–Crippen MR) is 96.6 cm³/mol. The van der Waals surface area contributed by atoms with E-state index in [2.05, 4.69) is 36.1 Å². The van der Waals surface area contributed by atoms with Crippen LogP contribution in [0.15, 0.2) is 5.16 Å². The zero-order valence-electron chi connectivity index (χ0n) is 15.5. The highest BCUT2D eigenvalue weighted by Gasteiger charge is 2.25. The van der Waals surface area contributed by atoms with Crippen molar-refractivity contribution in [2.75, 3.05) is 13.2 Å². The first-order valence-corrected chi connectivity index (χ1v) is 9.46. The van der Waals surface area contributed by atoms with Crippen molar-refractivity contribution in [2.45, 2.75) is 83.8 Å². The second kappa shape index (κ2) is 9.25. The van der Waals surface area contributed by atoms with Gasteiger partial charge >= 0.3 is 0 Å². The van der Waals surface area contributed by atoms with Crippen molar-refractivity contribution in [3.63, 3.8) is 0 Å². The third kappa shape index (κ3) is 5.65. The molecule has 0 spiro atoms. The molecule has 1 amide bonds. The molecular weight excluding hydrogens is 304 g/mol. The highest BCUT2D eigenvalue weighted by Crippen LogP contribution is 2.23. The van der Waals surface area contributed by atoms with E-state index in [4.69, 9.17) is 10.6 Å². The zero-order valence-corrected chi connectivity index (χ0v) is 15.5. The minimum absolute atomic E-state index is 0.0605. The summed E-state index contributed by atoms with van der Waals surface area (Å²) >= 11 is 0. The summed E-state index contributed by atoms with van der Waals surface area (Å²) < 4.78 is 0. The number of hydrogen-bond acceptors (Lipinski definition) is 4. The van der Waals surface area contributed by atoms with Crippen LogP contribution in [0.4, 0.5) is 0 Å². The largest absolute Gasteiger partial charge is 0.384 e. The highest BCUT2D eigenvalue weighted by molar-refractivity contribution is 5.82. The predicted octanol–water partition coefficient (Wildman–Crippen LogP) is 2.23. The number of hydrogen-bond donors (Lipinski definition) is 2. The van der Waals surface area contributed by atoms with E-state index in [1.54, 1.807) is 0 Å². The Kier molecular flexibility index (Phi) is 7.34. The lowest BCUT2D eigenvalue weighted by Gasteiger charge is -2.38. The standard InChI is InChI=1S/C18H34N4O2/c1-13-7-4-5-10-16(13)20-18(23)12-24-21-17(19)11-22-14(2)8-6-9-15(22)3/h13-16H,4-12H2,1-3H3,(H2,19,21)(H,20,23). The van der Waals surface area contributed by atoms with Gasteiger partial charge in [0.05, 0.1) is 6.54 Å². The van der Waals surface area contributed by atoms with Crippen molar-refractivity contribution in [3.05, 3.63) is 0 Å². The second-order valence-corrected chi connectivity index (χ2v) is 7.59. The summed E-state index contributed by atoms with van der Waals surface area (Å²) in [6.45, 7) is 7.19. The number of piperidine rings is 1. The first-order chi connectivity index (χ1) is 11.5. The lowest BCUT2D eigenvalue weighted by atomic mass is 9.86. The second-order valence-electron chi connectivity index (χ2n) is 7.59. The zero-order chi connectivity index (χ0) is 17.5. The fourth-order valence-corrected chi connectivity index (χ4v) is 3.96. The van der Waals surface area contributed by atoms with Crippen LogP contribution in [0.1, 0.15) is 65.7 Å². The Hall–Kier alpha value is -1.30. The molecule has 0 bridgehead atoms. The van der Waals surface area contributed by atoms with Crippen LogP contribution < -0.4 is 11.1 Å². The summed E-state index contributed by atoms with van der Waals surface area (Å²) in [5.74, 6) is 0.873. The SMILES string of the molecule is CC1CCCCC1NC(=O)CON=C(N)CN1C(C)CCCC1C. The fourth-order valence-electron chi connectivity index (χ4n) is 3.96. The summed E-state index contributed by atoms with van der Waals surface area (Å²) in [5.41, 5.74) is 5.97. The average Bonchev–Trinajstić information content (AvgIpc) is 2.53. The van der Waals surface area contributed by atoms with E-state index in [0.717, 1.165) is 6.42 Å². The molecule has 2 fully saturated rings. The molecule has 2 aliphatic rings. The van der Waals surface area contributed by atoms with E-state index >= 15 is 0 Å². The van der Waals surface area contributed by atoms with Crippen LogP contribution >= 0.6 is 0 Å². The molecule has 3 N–H and O–H groups in total. The first kappa shape index (κ1) is 19.0. The molecule has 0 aromatic rings. The molecule has 0 aromatic carbocycles. The van der Waals surface area contributed by atoms with Gasteiger partial charge in [0.15, 0.2) is 12.4 Å². The number of rotatable bonds is 6. The molecule has 1 aliphatic heterocycles. The molecule has 0 aromatic heterocycles. The molecule has 0 radical (unpaired) electrons. The van der Waals surface area contributed by atoms with Gasteiger partial charge in [0.25, 0.3) is 5.91 Å². The minimum atomic E-state index is -0.106. The van der Waals surface area contributed by atoms with Gasteiger partial charge in [-0.3, -0.25) is 9.69 Å². The van der Waals surface area contributed by atoms with Crippen LogP contribution in [-0.2, 0) is 9.63 Å². The molecule has 4 atom stereocenters. The Balaban J connectivity index is 1.71. The number of nitrogens with one attached hydrogen (secondary N) is 1. The van der Waals surface area contributed by atoms with Crippen LogP contribution in [0, 0.1) is 5.92 Å². The lowest BCUT2D eigenvalue weighted by Crippen LogP contribution is -2.47. The normalized spacial score (nSPS) is 32.4. The summed E-state index contributed by atoms with van der Waals surface area (Å²) in [7, 11) is 0. The van der Waals surface area contributed by atoms with Crippen LogP contribution in [0.25, 0.3) is 0 Å². The molecule has 1 heterocycles. The van der Waals surface area contributed by atoms with Gasteiger partial charge in [0.2, 0.25) is 0 Å². The molecule has 6 heteroatoms. The van der Waals surface area contributed by atoms with E-state index in [-0.39, 0.29) is 18.6 Å². The maximum Gasteiger partial charge on any atom is 0.261 e. The minimum Gasteiger partial charge on any atom is -0.384 e. The van der Waals surface area contributed by atoms with Crippen molar-refractivity contribution in [1.29, 1.82) is 0 Å². The van der Waals surface area contributed by atoms with E-state index < -0.39 is 0 Å². The maximum absolute atomic E-state index is 12.0. The van der Waals surface area contributed by atoms with Crippen molar-refractivity contribution in [1.82, 2.24) is 10.2 Å². The summed E-state index contributed by atoms with van der Waals surface area (Å²) in [6, 6.07) is 1.29. The molecule has 2 rings (SSSR count). The molecular formula is C18H34N4O2. The summed E-state index contributed by atoms with van der Waals surface area (Å²) in [6.07, 6.45) is 8.35. The Labute approximate surface area is 146 Å². The number of oxime groups is 1. The van der Waals surface area contributed by atoms with Crippen molar-refractivity contribution in [3.8, 4) is 0 Å². The molecule has 1 aliphatic carbocycles. The lowest BCUT2D eigenvalue weighted by molar-refractivity contribution is -0.127. The third-order valence-electron chi connectivity index (χ3n) is 5.56. The average molecular weight is 338 g/mol. The van der Waals surface area contributed by atoms with Gasteiger partial charge in [-0.25, -0.2) is 0 Å². The van der Waals surface area contributed by atoms with Gasteiger partial charge in [-0.05, 0) is 45.4 Å². The van der Waals surface area contributed by atoms with Crippen molar-refractivity contribution in [2.24, 2.45) is 16.8 Å². The highest BCUT2D eigenvalue weighted by atomic mass is 16.6.